The molecule has 32 heavy (non-hydrogen) atoms. The molecule has 2 aromatic carbocycles. The van der Waals surface area contributed by atoms with E-state index in [9.17, 15) is 10.1 Å². The Kier molecular flexibility index (Phi) is 5.11. The Morgan fingerprint density at radius 3 is 2.50 bits per heavy atom. The van der Waals surface area contributed by atoms with Crippen LogP contribution in [0.2, 0.25) is 0 Å². The highest BCUT2D eigenvalue weighted by atomic mass is 79.9. The molecule has 0 saturated carbocycles. The van der Waals surface area contributed by atoms with Crippen LogP contribution in [0.15, 0.2) is 88.1 Å². The lowest BCUT2D eigenvalue weighted by molar-refractivity contribution is -0.116. The second kappa shape index (κ2) is 8.09. The number of aromatic amines is 1. The normalized spacial score (nSPS) is 20.9. The van der Waals surface area contributed by atoms with Crippen LogP contribution in [0, 0.1) is 11.3 Å². The van der Waals surface area contributed by atoms with Crippen molar-refractivity contribution in [2.24, 2.45) is 5.73 Å². The number of rotatable bonds is 3. The molecule has 2 heterocycles. The number of nitrogens with two attached hydrogens (primary N) is 1. The maximum absolute atomic E-state index is 13.6. The fraction of sp³-hybridized carbons (Fsp3) is 0.167. The van der Waals surface area contributed by atoms with Crippen molar-refractivity contribution in [1.82, 2.24) is 15.2 Å². The lowest BCUT2D eigenvalue weighted by atomic mass is 9.72. The average molecular weight is 487 g/mol. The largest absolute Gasteiger partial charge is 0.384 e. The predicted octanol–water partition coefficient (Wildman–Crippen LogP) is 4.27. The second-order valence-corrected chi connectivity index (χ2v) is 8.75. The van der Waals surface area contributed by atoms with Crippen molar-refractivity contribution in [2.45, 2.75) is 24.7 Å². The number of nitrogens with zero attached hydrogens (tertiary/aromatic N) is 4. The number of aromatic nitrogens is 3. The van der Waals surface area contributed by atoms with Crippen LogP contribution in [0.4, 0.5) is 5.95 Å². The fourth-order valence-corrected chi connectivity index (χ4v) is 4.89. The van der Waals surface area contributed by atoms with Gasteiger partial charge in [-0.15, -0.1) is 0 Å². The molecule has 0 bridgehead atoms. The fourth-order valence-electron chi connectivity index (χ4n) is 4.63. The Morgan fingerprint density at radius 2 is 1.84 bits per heavy atom. The number of hydrogen-bond donors (Lipinski definition) is 2. The van der Waals surface area contributed by atoms with E-state index in [0.29, 0.717) is 29.9 Å². The summed E-state index contributed by atoms with van der Waals surface area (Å²) in [5.74, 6) is 0.148. The van der Waals surface area contributed by atoms with Gasteiger partial charge in [0.1, 0.15) is 12.1 Å². The van der Waals surface area contributed by atoms with Gasteiger partial charge >= 0.3 is 0 Å². The highest BCUT2D eigenvalue weighted by Crippen LogP contribution is 2.48. The summed E-state index contributed by atoms with van der Waals surface area (Å²) in [7, 11) is 0. The lowest BCUT2D eigenvalue weighted by Gasteiger charge is -2.40. The third kappa shape index (κ3) is 3.31. The number of hydrogen-bond acceptors (Lipinski definition) is 6. The summed E-state index contributed by atoms with van der Waals surface area (Å²) in [6.07, 6.45) is 2.35. The van der Waals surface area contributed by atoms with Crippen molar-refractivity contribution >= 4 is 27.7 Å². The number of allylic oxidation sites excluding steroid dienone is 3. The first-order valence-corrected chi connectivity index (χ1v) is 11.0. The number of H-pyrrole nitrogens is 1. The summed E-state index contributed by atoms with van der Waals surface area (Å²) < 4.78 is 0.920. The van der Waals surface area contributed by atoms with E-state index in [1.165, 1.54) is 6.33 Å². The Hall–Kier alpha value is -3.70. The average Bonchev–Trinajstić information content (AvgIpc) is 3.34. The molecular formula is C24H19BrN6O. The van der Waals surface area contributed by atoms with Gasteiger partial charge in [0.2, 0.25) is 5.95 Å². The molecule has 1 aliphatic heterocycles. The standard InChI is InChI=1S/C24H19BrN6O/c25-17-8-6-15(7-9-17)21-18(12-26)23(27)31(24-28-13-29-30-24)19-10-16(11-20(32)22(19)21)14-4-2-1-3-5-14/h1-9,13,16,21H,10-11,27H2,(H,28,29,30)/t16-,21-/m0/s1. The van der Waals surface area contributed by atoms with Gasteiger partial charge < -0.3 is 5.73 Å². The zero-order valence-electron chi connectivity index (χ0n) is 17.0. The van der Waals surface area contributed by atoms with Crippen molar-refractivity contribution in [3.63, 3.8) is 0 Å². The van der Waals surface area contributed by atoms with Crippen molar-refractivity contribution in [3.8, 4) is 6.07 Å². The van der Waals surface area contributed by atoms with Crippen LogP contribution in [0.1, 0.15) is 35.8 Å². The lowest BCUT2D eigenvalue weighted by Crippen LogP contribution is -2.40. The molecule has 2 aliphatic rings. The quantitative estimate of drug-likeness (QED) is 0.571. The van der Waals surface area contributed by atoms with Crippen LogP contribution in [0.3, 0.4) is 0 Å². The molecule has 0 spiro atoms. The van der Waals surface area contributed by atoms with E-state index in [1.54, 1.807) is 4.90 Å². The number of benzene rings is 2. The molecule has 2 atom stereocenters. The van der Waals surface area contributed by atoms with E-state index in [2.05, 4.69) is 37.2 Å². The SMILES string of the molecule is N#CC1=C(N)N(c2ncn[nH]2)C2=C(C(=O)C[C@@H](c3ccccc3)C2)[C@H]1c1ccc(Br)cc1. The first-order valence-electron chi connectivity index (χ1n) is 10.2. The molecule has 0 unspecified atom stereocenters. The molecule has 0 amide bonds. The molecule has 158 valence electrons. The third-order valence-electron chi connectivity index (χ3n) is 6.06. The van der Waals surface area contributed by atoms with E-state index in [4.69, 9.17) is 5.73 Å². The number of anilines is 1. The predicted molar refractivity (Wildman–Crippen MR) is 123 cm³/mol. The van der Waals surface area contributed by atoms with Gasteiger partial charge in [-0.1, -0.05) is 58.4 Å². The topological polar surface area (TPSA) is 112 Å². The zero-order valence-corrected chi connectivity index (χ0v) is 18.6. The van der Waals surface area contributed by atoms with Crippen LogP contribution < -0.4 is 10.6 Å². The molecule has 1 aliphatic carbocycles. The van der Waals surface area contributed by atoms with E-state index >= 15 is 0 Å². The van der Waals surface area contributed by atoms with Crippen LogP contribution in [-0.4, -0.2) is 21.0 Å². The minimum absolute atomic E-state index is 0.00914. The molecule has 3 aromatic rings. The molecule has 1 aromatic heterocycles. The van der Waals surface area contributed by atoms with Gasteiger partial charge in [0.25, 0.3) is 0 Å². The van der Waals surface area contributed by atoms with Crippen LogP contribution in [-0.2, 0) is 4.79 Å². The number of carbonyl (C=O) groups excluding carboxylic acids is 1. The summed E-state index contributed by atoms with van der Waals surface area (Å²) in [4.78, 5) is 19.6. The van der Waals surface area contributed by atoms with Gasteiger partial charge in [0.05, 0.1) is 17.6 Å². The molecule has 5 rings (SSSR count). The van der Waals surface area contributed by atoms with Crippen molar-refractivity contribution in [3.05, 3.63) is 99.2 Å². The van der Waals surface area contributed by atoms with E-state index in [0.717, 1.165) is 21.3 Å². The van der Waals surface area contributed by atoms with Gasteiger partial charge in [-0.2, -0.15) is 15.3 Å². The maximum atomic E-state index is 13.6. The third-order valence-corrected chi connectivity index (χ3v) is 6.58. The first kappa shape index (κ1) is 20.2. The number of ketones is 1. The summed E-state index contributed by atoms with van der Waals surface area (Å²) in [5, 5.41) is 16.9. The smallest absolute Gasteiger partial charge is 0.231 e. The first-order chi connectivity index (χ1) is 15.6. The van der Waals surface area contributed by atoms with Gasteiger partial charge in [-0.05, 0) is 35.6 Å². The van der Waals surface area contributed by atoms with E-state index in [1.807, 2.05) is 54.6 Å². The van der Waals surface area contributed by atoms with Crippen LogP contribution in [0.25, 0.3) is 0 Å². The summed E-state index contributed by atoms with van der Waals surface area (Å²) >= 11 is 3.46. The van der Waals surface area contributed by atoms with E-state index < -0.39 is 5.92 Å². The Morgan fingerprint density at radius 1 is 1.09 bits per heavy atom. The Labute approximate surface area is 193 Å². The van der Waals surface area contributed by atoms with Gasteiger partial charge in [0, 0.05) is 22.2 Å². The van der Waals surface area contributed by atoms with Gasteiger partial charge in [-0.25, -0.2) is 5.10 Å². The van der Waals surface area contributed by atoms with Crippen molar-refractivity contribution in [2.75, 3.05) is 4.90 Å². The highest BCUT2D eigenvalue weighted by Gasteiger charge is 2.43. The number of halogens is 1. The second-order valence-electron chi connectivity index (χ2n) is 7.84. The minimum atomic E-state index is -0.522. The molecule has 0 radical (unpaired) electrons. The summed E-state index contributed by atoms with van der Waals surface area (Å²) in [6.45, 7) is 0. The van der Waals surface area contributed by atoms with E-state index in [-0.39, 0.29) is 17.5 Å². The van der Waals surface area contributed by atoms with Crippen LogP contribution >= 0.6 is 15.9 Å². The van der Waals surface area contributed by atoms with Crippen molar-refractivity contribution in [1.29, 1.82) is 5.26 Å². The molecule has 0 fully saturated rings. The van der Waals surface area contributed by atoms with Gasteiger partial charge in [-0.3, -0.25) is 9.69 Å². The number of nitrogens with one attached hydrogen (secondary N) is 1. The number of nitriles is 1. The minimum Gasteiger partial charge on any atom is -0.384 e. The number of carbonyl (C=O) groups is 1. The molecule has 8 heteroatoms. The molecule has 0 saturated heterocycles. The molecular weight excluding hydrogens is 468 g/mol. The monoisotopic (exact) mass is 486 g/mol. The van der Waals surface area contributed by atoms with Gasteiger partial charge in [0.15, 0.2) is 5.78 Å². The number of Topliss-reactive ketones (excluding diaryl/α,β-unsaturated/α-hetero) is 1. The Bertz CT molecular complexity index is 1270. The summed E-state index contributed by atoms with van der Waals surface area (Å²) in [5.41, 5.74) is 10.2. The zero-order chi connectivity index (χ0) is 22.2. The molecule has 7 nitrogen and oxygen atoms in total. The van der Waals surface area contributed by atoms with Crippen LogP contribution in [0.5, 0.6) is 0 Å². The van der Waals surface area contributed by atoms with Crippen molar-refractivity contribution < 1.29 is 4.79 Å². The maximum Gasteiger partial charge on any atom is 0.231 e. The Balaban J connectivity index is 1.71. The highest BCUT2D eigenvalue weighted by molar-refractivity contribution is 9.10. The summed E-state index contributed by atoms with van der Waals surface area (Å²) in [6, 6.07) is 19.9. The molecule has 3 N–H and O–H groups in total.